The molecule has 5 nitrogen and oxygen atoms in total. The number of methoxy groups -OCH3 is 1. The fraction of sp³-hybridized carbons (Fsp3) is 0.467. The molecule has 1 aliphatic rings. The van der Waals surface area contributed by atoms with E-state index in [4.69, 9.17) is 4.74 Å². The number of hydrogen-bond acceptors (Lipinski definition) is 3. The lowest BCUT2D eigenvalue weighted by atomic mass is 9.93. The number of benzene rings is 1. The predicted molar refractivity (Wildman–Crippen MR) is 73.2 cm³/mol. The molecule has 2 rings (SSSR count). The lowest BCUT2D eigenvalue weighted by Crippen LogP contribution is -2.52. The Morgan fingerprint density at radius 1 is 1.40 bits per heavy atom. The van der Waals surface area contributed by atoms with E-state index in [1.54, 1.807) is 0 Å². The van der Waals surface area contributed by atoms with Gasteiger partial charge in [-0.2, -0.15) is 0 Å². The van der Waals surface area contributed by atoms with Gasteiger partial charge in [-0.3, -0.25) is 4.79 Å². The molecule has 0 radical (unpaired) electrons. The van der Waals surface area contributed by atoms with Crippen LogP contribution in [0.2, 0.25) is 0 Å². The summed E-state index contributed by atoms with van der Waals surface area (Å²) in [6.07, 6.45) is 0.291. The number of ether oxygens (including phenoxy) is 1. The highest BCUT2D eigenvalue weighted by Crippen LogP contribution is 2.24. The molecule has 2 atom stereocenters. The topological polar surface area (TPSA) is 66.8 Å². The number of carbonyl (C=O) groups excluding carboxylic acids is 1. The van der Waals surface area contributed by atoms with Gasteiger partial charge in [-0.1, -0.05) is 31.2 Å². The Labute approximate surface area is 118 Å². The molecule has 1 aromatic rings. The standard InChI is InChI=1S/C15H19NO4/c1-3-13(20-2)14(17)16-9-11-7-5-4-6-10(11)8-12(16)15(18)19/h4-7,12-13H,3,8-9H2,1-2H3,(H,18,19). The summed E-state index contributed by atoms with van der Waals surface area (Å²) in [5.74, 6) is -1.23. The minimum Gasteiger partial charge on any atom is -0.480 e. The van der Waals surface area contributed by atoms with E-state index in [1.165, 1.54) is 12.0 Å². The van der Waals surface area contributed by atoms with Crippen molar-refractivity contribution in [1.82, 2.24) is 4.90 Å². The summed E-state index contributed by atoms with van der Waals surface area (Å²) < 4.78 is 5.15. The number of fused-ring (bicyclic) bond motifs is 1. The van der Waals surface area contributed by atoms with Crippen LogP contribution >= 0.6 is 0 Å². The summed E-state index contributed by atoms with van der Waals surface area (Å²) in [6, 6.07) is 6.82. The Hall–Kier alpha value is -1.88. The van der Waals surface area contributed by atoms with E-state index in [2.05, 4.69) is 0 Å². The molecule has 5 heteroatoms. The molecule has 1 N–H and O–H groups in total. The van der Waals surface area contributed by atoms with Gasteiger partial charge in [0.1, 0.15) is 12.1 Å². The maximum Gasteiger partial charge on any atom is 0.326 e. The summed E-state index contributed by atoms with van der Waals surface area (Å²) in [7, 11) is 1.47. The third-order valence-corrected chi connectivity index (χ3v) is 3.75. The van der Waals surface area contributed by atoms with Gasteiger partial charge in [0.2, 0.25) is 0 Å². The number of aliphatic carboxylic acids is 1. The van der Waals surface area contributed by atoms with E-state index in [9.17, 15) is 14.7 Å². The van der Waals surface area contributed by atoms with Gasteiger partial charge in [0.25, 0.3) is 5.91 Å². The number of carbonyl (C=O) groups is 2. The van der Waals surface area contributed by atoms with E-state index >= 15 is 0 Å². The van der Waals surface area contributed by atoms with Crippen LogP contribution in [-0.2, 0) is 27.3 Å². The highest BCUT2D eigenvalue weighted by atomic mass is 16.5. The van der Waals surface area contributed by atoms with Crippen molar-refractivity contribution < 1.29 is 19.4 Å². The molecule has 1 amide bonds. The smallest absolute Gasteiger partial charge is 0.326 e. The number of nitrogens with zero attached hydrogens (tertiary/aromatic N) is 1. The SMILES string of the molecule is CCC(OC)C(=O)N1Cc2ccccc2CC1C(=O)O. The predicted octanol–water partition coefficient (Wildman–Crippen LogP) is 1.45. The van der Waals surface area contributed by atoms with Gasteiger partial charge in [0.15, 0.2) is 0 Å². The van der Waals surface area contributed by atoms with E-state index in [0.717, 1.165) is 11.1 Å². The average molecular weight is 277 g/mol. The molecule has 20 heavy (non-hydrogen) atoms. The lowest BCUT2D eigenvalue weighted by Gasteiger charge is -2.36. The van der Waals surface area contributed by atoms with Crippen molar-refractivity contribution in [2.45, 2.75) is 38.5 Å². The minimum absolute atomic E-state index is 0.253. The van der Waals surface area contributed by atoms with Crippen molar-refractivity contribution in [1.29, 1.82) is 0 Å². The monoisotopic (exact) mass is 277 g/mol. The number of hydrogen-bond donors (Lipinski definition) is 1. The molecule has 0 bridgehead atoms. The second-order valence-electron chi connectivity index (χ2n) is 4.93. The Kier molecular flexibility index (Phi) is 4.39. The van der Waals surface area contributed by atoms with Gasteiger partial charge in [0, 0.05) is 20.1 Å². The quantitative estimate of drug-likeness (QED) is 0.904. The van der Waals surface area contributed by atoms with Crippen molar-refractivity contribution in [3.8, 4) is 0 Å². The molecule has 0 saturated heterocycles. The van der Waals surface area contributed by atoms with Gasteiger partial charge in [-0.15, -0.1) is 0 Å². The summed E-state index contributed by atoms with van der Waals surface area (Å²) in [4.78, 5) is 25.3. The van der Waals surface area contributed by atoms with Gasteiger partial charge in [-0.25, -0.2) is 4.79 Å². The van der Waals surface area contributed by atoms with Crippen molar-refractivity contribution in [3.05, 3.63) is 35.4 Å². The Morgan fingerprint density at radius 2 is 2.05 bits per heavy atom. The van der Waals surface area contributed by atoms with Crippen LogP contribution in [0.3, 0.4) is 0 Å². The van der Waals surface area contributed by atoms with Crippen molar-refractivity contribution >= 4 is 11.9 Å². The number of carboxylic acids is 1. The van der Waals surface area contributed by atoms with Crippen LogP contribution in [0.5, 0.6) is 0 Å². The van der Waals surface area contributed by atoms with Crippen LogP contribution in [0, 0.1) is 0 Å². The summed E-state index contributed by atoms with van der Waals surface area (Å²) in [5, 5.41) is 9.38. The van der Waals surface area contributed by atoms with Gasteiger partial charge < -0.3 is 14.7 Å². The van der Waals surface area contributed by atoms with Crippen LogP contribution in [0.25, 0.3) is 0 Å². The van der Waals surface area contributed by atoms with Crippen LogP contribution in [0.1, 0.15) is 24.5 Å². The van der Waals surface area contributed by atoms with Crippen molar-refractivity contribution in [2.24, 2.45) is 0 Å². The Bertz CT molecular complexity index is 510. The molecule has 0 aromatic heterocycles. The zero-order valence-corrected chi connectivity index (χ0v) is 11.7. The fourth-order valence-electron chi connectivity index (χ4n) is 2.60. The fourth-order valence-corrected chi connectivity index (χ4v) is 2.60. The third-order valence-electron chi connectivity index (χ3n) is 3.75. The number of amides is 1. The molecule has 1 aromatic carbocycles. The molecule has 1 aliphatic heterocycles. The highest BCUT2D eigenvalue weighted by Gasteiger charge is 2.36. The van der Waals surface area contributed by atoms with E-state index in [0.29, 0.717) is 19.4 Å². The number of carboxylic acid groups (broad SMARTS) is 1. The Morgan fingerprint density at radius 3 is 2.60 bits per heavy atom. The highest BCUT2D eigenvalue weighted by molar-refractivity contribution is 5.87. The molecule has 1 heterocycles. The molecule has 0 spiro atoms. The molecule has 0 saturated carbocycles. The molecule has 0 aliphatic carbocycles. The summed E-state index contributed by atoms with van der Waals surface area (Å²) >= 11 is 0. The molecule has 2 unspecified atom stereocenters. The first kappa shape index (κ1) is 14.5. The first-order valence-electron chi connectivity index (χ1n) is 6.71. The van der Waals surface area contributed by atoms with Crippen LogP contribution in [0.15, 0.2) is 24.3 Å². The molecule has 0 fully saturated rings. The zero-order valence-electron chi connectivity index (χ0n) is 11.7. The number of rotatable bonds is 4. The molecule has 108 valence electrons. The van der Waals surface area contributed by atoms with Crippen LogP contribution in [0.4, 0.5) is 0 Å². The molecular weight excluding hydrogens is 258 g/mol. The van der Waals surface area contributed by atoms with E-state index in [1.807, 2.05) is 31.2 Å². The maximum absolute atomic E-state index is 12.4. The largest absolute Gasteiger partial charge is 0.480 e. The van der Waals surface area contributed by atoms with Gasteiger partial charge in [-0.05, 0) is 17.5 Å². The molecular formula is C15H19NO4. The zero-order chi connectivity index (χ0) is 14.7. The van der Waals surface area contributed by atoms with Gasteiger partial charge in [0.05, 0.1) is 0 Å². The first-order valence-corrected chi connectivity index (χ1v) is 6.71. The second-order valence-corrected chi connectivity index (χ2v) is 4.93. The normalized spacial score (nSPS) is 19.3. The lowest BCUT2D eigenvalue weighted by molar-refractivity contribution is -0.156. The summed E-state index contributed by atoms with van der Waals surface area (Å²) in [5.41, 5.74) is 2.00. The maximum atomic E-state index is 12.4. The van der Waals surface area contributed by atoms with Crippen LogP contribution < -0.4 is 0 Å². The van der Waals surface area contributed by atoms with E-state index < -0.39 is 18.1 Å². The van der Waals surface area contributed by atoms with Crippen LogP contribution in [-0.4, -0.2) is 41.1 Å². The van der Waals surface area contributed by atoms with Crippen molar-refractivity contribution in [2.75, 3.05) is 7.11 Å². The Balaban J connectivity index is 2.31. The van der Waals surface area contributed by atoms with Gasteiger partial charge >= 0.3 is 5.97 Å². The van der Waals surface area contributed by atoms with Crippen molar-refractivity contribution in [3.63, 3.8) is 0 Å². The summed E-state index contributed by atoms with van der Waals surface area (Å²) in [6.45, 7) is 2.17. The average Bonchev–Trinajstić information content (AvgIpc) is 2.46. The minimum atomic E-state index is -0.973. The first-order chi connectivity index (χ1) is 9.58. The second kappa shape index (κ2) is 6.05. The van der Waals surface area contributed by atoms with E-state index in [-0.39, 0.29) is 5.91 Å². The third kappa shape index (κ3) is 2.67.